The van der Waals surface area contributed by atoms with Gasteiger partial charge in [0.2, 0.25) is 5.91 Å². The van der Waals surface area contributed by atoms with Gasteiger partial charge in [-0.3, -0.25) is 14.2 Å². The molecule has 8 nitrogen and oxygen atoms in total. The van der Waals surface area contributed by atoms with Crippen LogP contribution in [0.2, 0.25) is 0 Å². The van der Waals surface area contributed by atoms with E-state index in [1.807, 2.05) is 25.7 Å². The zero-order valence-corrected chi connectivity index (χ0v) is 17.8. The van der Waals surface area contributed by atoms with E-state index in [-0.39, 0.29) is 23.0 Å². The molecule has 4 rings (SSSR count). The lowest BCUT2D eigenvalue weighted by Gasteiger charge is -2.34. The Hall–Kier alpha value is -1.87. The normalized spacial score (nSPS) is 20.7. The highest BCUT2D eigenvalue weighted by molar-refractivity contribution is 7.99. The van der Waals surface area contributed by atoms with E-state index >= 15 is 0 Å². The third-order valence-electron chi connectivity index (χ3n) is 5.59. The molecule has 2 aromatic rings. The predicted molar refractivity (Wildman–Crippen MR) is 110 cm³/mol. The molecule has 2 aliphatic rings. The molecule has 0 radical (unpaired) electrons. The first-order valence-electron chi connectivity index (χ1n) is 9.93. The Balaban J connectivity index is 1.58. The lowest BCUT2D eigenvalue weighted by atomic mass is 10.1. The Labute approximate surface area is 168 Å². The number of rotatable bonds is 3. The van der Waals surface area contributed by atoms with Gasteiger partial charge in [0.25, 0.3) is 5.56 Å². The number of carbonyl (C=O) groups excluding carboxylic acids is 1. The highest BCUT2D eigenvalue weighted by atomic mass is 32.2. The van der Waals surface area contributed by atoms with Crippen molar-refractivity contribution in [2.45, 2.75) is 50.9 Å². The molecule has 28 heavy (non-hydrogen) atoms. The van der Waals surface area contributed by atoms with Crippen LogP contribution in [0.4, 0.5) is 0 Å². The molecule has 2 aliphatic heterocycles. The first kappa shape index (κ1) is 19.4. The van der Waals surface area contributed by atoms with Crippen LogP contribution in [0.15, 0.2) is 16.1 Å². The van der Waals surface area contributed by atoms with Crippen molar-refractivity contribution in [1.82, 2.24) is 29.1 Å². The summed E-state index contributed by atoms with van der Waals surface area (Å²) in [5.74, 6) is 0.838. The number of carbonyl (C=O) groups is 1. The minimum absolute atomic E-state index is 0.0888. The van der Waals surface area contributed by atoms with E-state index in [1.54, 1.807) is 27.2 Å². The maximum absolute atomic E-state index is 13.1. The first-order valence-corrected chi connectivity index (χ1v) is 10.9. The Bertz CT molecular complexity index is 952. The fourth-order valence-corrected chi connectivity index (χ4v) is 5.05. The standard InChI is InChI=1S/C19H28N6O2S/c1-5-22-6-8-23(9-7-22)15(26)10-13-12-28-18-21-16-14(17(27)24(13)18)11-20-25(16)19(2,3)4/h11,13H,5-10,12H2,1-4H3. The smallest absolute Gasteiger partial charge is 0.265 e. The molecule has 2 aromatic heterocycles. The molecule has 4 heterocycles. The van der Waals surface area contributed by atoms with Gasteiger partial charge in [-0.1, -0.05) is 18.7 Å². The third kappa shape index (κ3) is 3.34. The quantitative estimate of drug-likeness (QED) is 0.723. The summed E-state index contributed by atoms with van der Waals surface area (Å²) in [6.45, 7) is 12.7. The van der Waals surface area contributed by atoms with Gasteiger partial charge in [0.1, 0.15) is 5.39 Å². The van der Waals surface area contributed by atoms with Crippen molar-refractivity contribution in [2.24, 2.45) is 0 Å². The molecule has 0 bridgehead atoms. The van der Waals surface area contributed by atoms with Gasteiger partial charge in [-0.2, -0.15) is 5.10 Å². The van der Waals surface area contributed by atoms with Gasteiger partial charge in [0.15, 0.2) is 10.8 Å². The highest BCUT2D eigenvalue weighted by Crippen LogP contribution is 2.34. The van der Waals surface area contributed by atoms with Crippen LogP contribution >= 0.6 is 11.8 Å². The van der Waals surface area contributed by atoms with Crippen LogP contribution in [0.5, 0.6) is 0 Å². The highest BCUT2D eigenvalue weighted by Gasteiger charge is 2.32. The largest absolute Gasteiger partial charge is 0.340 e. The Kier molecular flexibility index (Phi) is 4.99. The first-order chi connectivity index (χ1) is 13.3. The van der Waals surface area contributed by atoms with Crippen LogP contribution in [0.3, 0.4) is 0 Å². The molecule has 0 aliphatic carbocycles. The summed E-state index contributed by atoms with van der Waals surface area (Å²) in [6.07, 6.45) is 1.96. The lowest BCUT2D eigenvalue weighted by Crippen LogP contribution is -2.49. The molecule has 1 fully saturated rings. The van der Waals surface area contributed by atoms with Gasteiger partial charge in [0.05, 0.1) is 17.8 Å². The number of nitrogens with zero attached hydrogens (tertiary/aromatic N) is 6. The number of aromatic nitrogens is 4. The fraction of sp³-hybridized carbons (Fsp3) is 0.684. The van der Waals surface area contributed by atoms with E-state index < -0.39 is 0 Å². The van der Waals surface area contributed by atoms with Crippen molar-refractivity contribution in [3.63, 3.8) is 0 Å². The summed E-state index contributed by atoms with van der Waals surface area (Å²) in [5, 5.41) is 5.61. The summed E-state index contributed by atoms with van der Waals surface area (Å²) in [4.78, 5) is 35.0. The third-order valence-corrected chi connectivity index (χ3v) is 6.69. The number of fused-ring (bicyclic) bond motifs is 2. The summed E-state index contributed by atoms with van der Waals surface area (Å²) in [6, 6.07) is -0.140. The second-order valence-corrected chi connectivity index (χ2v) is 9.51. The van der Waals surface area contributed by atoms with Crippen molar-refractivity contribution in [3.05, 3.63) is 16.6 Å². The van der Waals surface area contributed by atoms with Crippen molar-refractivity contribution in [3.8, 4) is 0 Å². The van der Waals surface area contributed by atoms with E-state index in [9.17, 15) is 9.59 Å². The van der Waals surface area contributed by atoms with E-state index in [2.05, 4.69) is 16.9 Å². The van der Waals surface area contributed by atoms with Crippen LogP contribution in [-0.2, 0) is 10.3 Å². The molecular formula is C19H28N6O2S. The number of likely N-dealkylation sites (N-methyl/N-ethyl adjacent to an activating group) is 1. The van der Waals surface area contributed by atoms with Gasteiger partial charge < -0.3 is 9.80 Å². The number of hydrogen-bond donors (Lipinski definition) is 0. The minimum Gasteiger partial charge on any atom is -0.340 e. The van der Waals surface area contributed by atoms with Gasteiger partial charge in [-0.25, -0.2) is 9.67 Å². The summed E-state index contributed by atoms with van der Waals surface area (Å²) in [5.41, 5.74) is 0.285. The Morgan fingerprint density at radius 2 is 1.96 bits per heavy atom. The molecule has 1 unspecified atom stereocenters. The van der Waals surface area contributed by atoms with Crippen LogP contribution < -0.4 is 5.56 Å². The van der Waals surface area contributed by atoms with E-state index in [0.29, 0.717) is 28.4 Å². The van der Waals surface area contributed by atoms with Crippen molar-refractivity contribution >= 4 is 28.7 Å². The zero-order valence-electron chi connectivity index (χ0n) is 17.0. The molecule has 0 saturated carbocycles. The van der Waals surface area contributed by atoms with E-state index in [4.69, 9.17) is 4.98 Å². The molecular weight excluding hydrogens is 376 g/mol. The van der Waals surface area contributed by atoms with Gasteiger partial charge in [-0.15, -0.1) is 0 Å². The fourth-order valence-electron chi connectivity index (χ4n) is 3.92. The van der Waals surface area contributed by atoms with E-state index in [0.717, 1.165) is 32.7 Å². The molecule has 0 aromatic carbocycles. The van der Waals surface area contributed by atoms with Gasteiger partial charge in [-0.05, 0) is 27.3 Å². The Morgan fingerprint density at radius 3 is 2.61 bits per heavy atom. The number of amides is 1. The van der Waals surface area contributed by atoms with Crippen LogP contribution in [0, 0.1) is 0 Å². The predicted octanol–water partition coefficient (Wildman–Crippen LogP) is 1.55. The summed E-state index contributed by atoms with van der Waals surface area (Å²) >= 11 is 1.55. The van der Waals surface area contributed by atoms with Gasteiger partial charge >= 0.3 is 0 Å². The number of hydrogen-bond acceptors (Lipinski definition) is 6. The molecule has 1 amide bonds. The zero-order chi connectivity index (χ0) is 20.1. The topological polar surface area (TPSA) is 76.3 Å². The van der Waals surface area contributed by atoms with Crippen molar-refractivity contribution in [1.29, 1.82) is 0 Å². The second-order valence-electron chi connectivity index (χ2n) is 8.52. The summed E-state index contributed by atoms with van der Waals surface area (Å²) < 4.78 is 3.51. The second kappa shape index (κ2) is 7.18. The van der Waals surface area contributed by atoms with Crippen molar-refractivity contribution < 1.29 is 4.79 Å². The average Bonchev–Trinajstić information content (AvgIpc) is 3.26. The SMILES string of the molecule is CCN1CCN(C(=O)CC2CSc3nc4c(cnn4C(C)(C)C)c(=O)n32)CC1. The lowest BCUT2D eigenvalue weighted by molar-refractivity contribution is -0.133. The molecule has 1 atom stereocenters. The molecule has 0 N–H and O–H groups in total. The maximum atomic E-state index is 13.1. The average molecular weight is 405 g/mol. The molecule has 152 valence electrons. The van der Waals surface area contributed by atoms with Crippen LogP contribution in [-0.4, -0.2) is 73.5 Å². The maximum Gasteiger partial charge on any atom is 0.265 e. The molecule has 0 spiro atoms. The molecule has 9 heteroatoms. The van der Waals surface area contributed by atoms with Crippen LogP contribution in [0.25, 0.3) is 11.0 Å². The minimum atomic E-state index is -0.251. The van der Waals surface area contributed by atoms with Gasteiger partial charge in [0, 0.05) is 38.4 Å². The van der Waals surface area contributed by atoms with Crippen molar-refractivity contribution in [2.75, 3.05) is 38.5 Å². The Morgan fingerprint density at radius 1 is 1.25 bits per heavy atom. The van der Waals surface area contributed by atoms with Crippen LogP contribution in [0.1, 0.15) is 40.2 Å². The number of piperazine rings is 1. The monoisotopic (exact) mass is 404 g/mol. The summed E-state index contributed by atoms with van der Waals surface area (Å²) in [7, 11) is 0. The number of thioether (sulfide) groups is 1. The van der Waals surface area contributed by atoms with E-state index in [1.165, 1.54) is 0 Å². The molecule has 1 saturated heterocycles.